The minimum Gasteiger partial charge on any atom is -0.351 e. The lowest BCUT2D eigenvalue weighted by atomic mass is 9.92. The van der Waals surface area contributed by atoms with Crippen LogP contribution in [0.3, 0.4) is 0 Å². The molecule has 2 heterocycles. The van der Waals surface area contributed by atoms with Gasteiger partial charge in [-0.25, -0.2) is 0 Å². The summed E-state index contributed by atoms with van der Waals surface area (Å²) in [7, 11) is 1.63. The van der Waals surface area contributed by atoms with Crippen molar-refractivity contribution in [3.8, 4) is 0 Å². The van der Waals surface area contributed by atoms with Gasteiger partial charge in [-0.05, 0) is 44.2 Å². The van der Waals surface area contributed by atoms with Crippen molar-refractivity contribution in [3.63, 3.8) is 0 Å². The predicted molar refractivity (Wildman–Crippen MR) is 124 cm³/mol. The van der Waals surface area contributed by atoms with E-state index in [1.165, 1.54) is 22.1 Å². The first-order valence-corrected chi connectivity index (χ1v) is 12.2. The van der Waals surface area contributed by atoms with Crippen molar-refractivity contribution in [3.05, 3.63) is 41.7 Å². The molecule has 3 amide bonds. The van der Waals surface area contributed by atoms with Gasteiger partial charge in [0.15, 0.2) is 5.69 Å². The average Bonchev–Trinajstić information content (AvgIpc) is 3.22. The Kier molecular flexibility index (Phi) is 6.28. The maximum absolute atomic E-state index is 13.2. The summed E-state index contributed by atoms with van der Waals surface area (Å²) in [5, 5.41) is 10.3. The first-order chi connectivity index (χ1) is 15.3. The fourth-order valence-corrected chi connectivity index (χ4v) is 4.78. The van der Waals surface area contributed by atoms with E-state index in [1.54, 1.807) is 31.8 Å². The molecule has 1 saturated carbocycles. The Morgan fingerprint density at radius 1 is 1.19 bits per heavy atom. The van der Waals surface area contributed by atoms with E-state index in [4.69, 9.17) is 0 Å². The first kappa shape index (κ1) is 22.4. The normalized spacial score (nSPS) is 21.2. The molecule has 1 fully saturated rings. The topological polar surface area (TPSA) is 96.3 Å². The number of hydrogen-bond donors (Lipinski definition) is 2. The van der Waals surface area contributed by atoms with Gasteiger partial charge in [0.2, 0.25) is 5.91 Å². The van der Waals surface area contributed by atoms with Crippen molar-refractivity contribution < 1.29 is 14.4 Å². The van der Waals surface area contributed by atoms with Gasteiger partial charge in [-0.3, -0.25) is 19.1 Å². The second-order valence-electron chi connectivity index (χ2n) is 8.70. The number of nitrogens with zero attached hydrogens (tertiary/aromatic N) is 3. The minimum absolute atomic E-state index is 0.147. The number of hydrogen-bond acceptors (Lipinski definition) is 5. The zero-order valence-corrected chi connectivity index (χ0v) is 19.5. The van der Waals surface area contributed by atoms with Gasteiger partial charge < -0.3 is 15.5 Å². The minimum atomic E-state index is -1.08. The monoisotopic (exact) mass is 455 g/mol. The summed E-state index contributed by atoms with van der Waals surface area (Å²) in [6.07, 6.45) is 7.32. The Labute approximate surface area is 192 Å². The standard InChI is InChI=1S/C23H29N5O3S/c1-23(22(31)25-15-8-5-4-6-9-15)14-28-19(21(30)27(23)2)13-18(26-28)20(29)24-16-10-7-11-17(12-16)32-3/h7,10-13,15H,4-6,8-9,14H2,1-3H3,(H,24,29)(H,25,31)/t23-/m1/s1. The molecule has 0 spiro atoms. The van der Waals surface area contributed by atoms with Gasteiger partial charge >= 0.3 is 0 Å². The third kappa shape index (κ3) is 4.26. The fraction of sp³-hybridized carbons (Fsp3) is 0.478. The molecule has 1 aliphatic heterocycles. The predicted octanol–water partition coefficient (Wildman–Crippen LogP) is 3.15. The van der Waals surface area contributed by atoms with Crippen LogP contribution in [0.5, 0.6) is 0 Å². The van der Waals surface area contributed by atoms with Crippen LogP contribution in [0.15, 0.2) is 35.2 Å². The molecular formula is C23H29N5O3S. The van der Waals surface area contributed by atoms with Crippen LogP contribution in [0, 0.1) is 0 Å². The molecule has 2 aromatic rings. The maximum atomic E-state index is 13.2. The number of thioether (sulfide) groups is 1. The van der Waals surface area contributed by atoms with Crippen molar-refractivity contribution in [2.45, 2.75) is 62.0 Å². The van der Waals surface area contributed by atoms with E-state index in [0.717, 1.165) is 30.6 Å². The summed E-state index contributed by atoms with van der Waals surface area (Å²) in [6.45, 7) is 1.94. The Hall–Kier alpha value is -2.81. The summed E-state index contributed by atoms with van der Waals surface area (Å²) in [4.78, 5) is 41.5. The van der Waals surface area contributed by atoms with Crippen LogP contribution in [0.1, 0.15) is 60.0 Å². The van der Waals surface area contributed by atoms with Crippen molar-refractivity contribution in [2.75, 3.05) is 18.6 Å². The second kappa shape index (κ2) is 8.97. The molecule has 170 valence electrons. The Bertz CT molecular complexity index is 1050. The van der Waals surface area contributed by atoms with Crippen LogP contribution in [-0.4, -0.2) is 57.3 Å². The molecule has 0 unspecified atom stereocenters. The third-order valence-electron chi connectivity index (χ3n) is 6.49. The van der Waals surface area contributed by atoms with Crippen molar-refractivity contribution in [2.24, 2.45) is 0 Å². The molecule has 0 radical (unpaired) electrons. The van der Waals surface area contributed by atoms with E-state index in [2.05, 4.69) is 15.7 Å². The number of benzene rings is 1. The smallest absolute Gasteiger partial charge is 0.276 e. The van der Waals surface area contributed by atoms with Crippen molar-refractivity contribution in [1.29, 1.82) is 0 Å². The number of aromatic nitrogens is 2. The molecule has 2 aliphatic rings. The lowest BCUT2D eigenvalue weighted by Gasteiger charge is -2.41. The highest BCUT2D eigenvalue weighted by atomic mass is 32.2. The van der Waals surface area contributed by atoms with Gasteiger partial charge in [0.25, 0.3) is 11.8 Å². The van der Waals surface area contributed by atoms with Gasteiger partial charge in [-0.2, -0.15) is 5.10 Å². The largest absolute Gasteiger partial charge is 0.351 e. The summed E-state index contributed by atoms with van der Waals surface area (Å²) in [5.74, 6) is -0.899. The molecule has 1 aromatic heterocycles. The molecule has 1 atom stereocenters. The van der Waals surface area contributed by atoms with Crippen LogP contribution in [0.4, 0.5) is 5.69 Å². The molecule has 9 heteroatoms. The molecular weight excluding hydrogens is 426 g/mol. The number of likely N-dealkylation sites (N-methyl/N-ethyl adjacent to an activating group) is 1. The number of fused-ring (bicyclic) bond motifs is 1. The Morgan fingerprint density at radius 3 is 2.66 bits per heavy atom. The van der Waals surface area contributed by atoms with Crippen LogP contribution >= 0.6 is 11.8 Å². The molecule has 2 N–H and O–H groups in total. The zero-order chi connectivity index (χ0) is 22.9. The number of carbonyl (C=O) groups is 3. The summed E-state index contributed by atoms with van der Waals surface area (Å²) in [5.41, 5.74) is 0.0354. The summed E-state index contributed by atoms with van der Waals surface area (Å²) in [6, 6.07) is 9.15. The second-order valence-corrected chi connectivity index (χ2v) is 9.58. The first-order valence-electron chi connectivity index (χ1n) is 10.9. The van der Waals surface area contributed by atoms with Gasteiger partial charge in [0, 0.05) is 29.7 Å². The van der Waals surface area contributed by atoms with E-state index in [-0.39, 0.29) is 30.1 Å². The highest BCUT2D eigenvalue weighted by molar-refractivity contribution is 7.98. The number of amides is 3. The van der Waals surface area contributed by atoms with Crippen molar-refractivity contribution >= 4 is 35.2 Å². The molecule has 0 bridgehead atoms. The van der Waals surface area contributed by atoms with Gasteiger partial charge in [0.05, 0.1) is 6.54 Å². The summed E-state index contributed by atoms with van der Waals surface area (Å²) < 4.78 is 1.48. The average molecular weight is 456 g/mol. The quantitative estimate of drug-likeness (QED) is 0.675. The Balaban J connectivity index is 1.53. The number of carbonyl (C=O) groups excluding carboxylic acids is 3. The SMILES string of the molecule is CSc1cccc(NC(=O)c2cc3n(n2)C[C@](C)(C(=O)NC2CCCCC2)N(C)C3=O)c1. The Morgan fingerprint density at radius 2 is 1.94 bits per heavy atom. The lowest BCUT2D eigenvalue weighted by molar-refractivity contribution is -0.133. The molecule has 1 aromatic carbocycles. The van der Waals surface area contributed by atoms with E-state index in [0.29, 0.717) is 11.4 Å². The van der Waals surface area contributed by atoms with Crippen LogP contribution < -0.4 is 10.6 Å². The van der Waals surface area contributed by atoms with Gasteiger partial charge in [0.1, 0.15) is 11.2 Å². The highest BCUT2D eigenvalue weighted by Gasteiger charge is 2.46. The van der Waals surface area contributed by atoms with E-state index < -0.39 is 11.4 Å². The third-order valence-corrected chi connectivity index (χ3v) is 7.22. The fourth-order valence-electron chi connectivity index (χ4n) is 4.32. The van der Waals surface area contributed by atoms with E-state index in [9.17, 15) is 14.4 Å². The van der Waals surface area contributed by atoms with Crippen LogP contribution in [-0.2, 0) is 11.3 Å². The lowest BCUT2D eigenvalue weighted by Crippen LogP contribution is -2.63. The molecule has 4 rings (SSSR count). The van der Waals surface area contributed by atoms with Crippen molar-refractivity contribution in [1.82, 2.24) is 20.0 Å². The zero-order valence-electron chi connectivity index (χ0n) is 18.7. The van der Waals surface area contributed by atoms with Gasteiger partial charge in [-0.1, -0.05) is 25.3 Å². The van der Waals surface area contributed by atoms with Gasteiger partial charge in [-0.15, -0.1) is 11.8 Å². The number of nitrogens with one attached hydrogen (secondary N) is 2. The molecule has 8 nitrogen and oxygen atoms in total. The number of anilines is 1. The molecule has 32 heavy (non-hydrogen) atoms. The van der Waals surface area contributed by atoms with Crippen LogP contribution in [0.2, 0.25) is 0 Å². The summed E-state index contributed by atoms with van der Waals surface area (Å²) >= 11 is 1.58. The van der Waals surface area contributed by atoms with E-state index in [1.807, 2.05) is 24.5 Å². The maximum Gasteiger partial charge on any atom is 0.276 e. The molecule has 0 saturated heterocycles. The van der Waals surface area contributed by atoms with E-state index >= 15 is 0 Å². The van der Waals surface area contributed by atoms with Crippen LogP contribution in [0.25, 0.3) is 0 Å². The molecule has 1 aliphatic carbocycles. The number of rotatable bonds is 5. The highest BCUT2D eigenvalue weighted by Crippen LogP contribution is 2.28.